The van der Waals surface area contributed by atoms with Crippen LogP contribution in [0.3, 0.4) is 0 Å². The summed E-state index contributed by atoms with van der Waals surface area (Å²) in [6.07, 6.45) is 4.15. The average Bonchev–Trinajstić information content (AvgIpc) is 2.31. The van der Waals surface area contributed by atoms with Gasteiger partial charge in [0, 0.05) is 6.08 Å². The molecule has 0 spiro atoms. The normalized spacial score (nSPS) is 8.80. The van der Waals surface area contributed by atoms with Crippen LogP contribution in [0.5, 0.6) is 0 Å². The Morgan fingerprint density at radius 3 is 2.33 bits per heavy atom. The molecule has 78 valence electrons. The van der Waals surface area contributed by atoms with Gasteiger partial charge in [-0.1, -0.05) is 36.9 Å². The molecule has 0 heterocycles. The predicted octanol–water partition coefficient (Wildman–Crippen LogP) is 3.19. The lowest BCUT2D eigenvalue weighted by atomic mass is 10.2. The zero-order chi connectivity index (χ0) is 11.5. The molecule has 15 heavy (non-hydrogen) atoms. The molecule has 1 rings (SSSR count). The van der Waals surface area contributed by atoms with E-state index in [9.17, 15) is 4.79 Å². The first-order valence-electron chi connectivity index (χ1n) is 4.37. The third-order valence-electron chi connectivity index (χ3n) is 1.41. The minimum atomic E-state index is -0.418. The fourth-order valence-corrected chi connectivity index (χ4v) is 0.850. The zero-order valence-electron chi connectivity index (χ0n) is 8.56. The molecule has 0 fully saturated rings. The van der Waals surface area contributed by atoms with Crippen LogP contribution >= 0.6 is 0 Å². The average molecular weight is 202 g/mol. The maximum atomic E-state index is 10.8. The third-order valence-corrected chi connectivity index (χ3v) is 1.41. The number of rotatable bonds is 3. The van der Waals surface area contributed by atoms with Crippen LogP contribution in [-0.4, -0.2) is 5.97 Å². The van der Waals surface area contributed by atoms with E-state index in [1.807, 2.05) is 30.3 Å². The molecule has 1 aromatic rings. The Morgan fingerprint density at radius 2 is 1.80 bits per heavy atom. The molecule has 0 aliphatic carbocycles. The van der Waals surface area contributed by atoms with E-state index in [4.69, 9.17) is 0 Å². The van der Waals surface area contributed by atoms with Crippen molar-refractivity contribution >= 4 is 12.0 Å². The van der Waals surface area contributed by atoms with Gasteiger partial charge >= 0.3 is 5.97 Å². The van der Waals surface area contributed by atoms with Crippen molar-refractivity contribution in [2.24, 2.45) is 0 Å². The van der Waals surface area contributed by atoms with E-state index in [0.717, 1.165) is 11.8 Å². The molecule has 0 N–H and O–H groups in total. The highest BCUT2D eigenvalue weighted by Crippen LogP contribution is 2.00. The molecule has 0 amide bonds. The summed E-state index contributed by atoms with van der Waals surface area (Å²) in [7, 11) is 0. The summed E-state index contributed by atoms with van der Waals surface area (Å²) in [6.45, 7) is 9.28. The van der Waals surface area contributed by atoms with Gasteiger partial charge in [0.2, 0.25) is 0 Å². The van der Waals surface area contributed by atoms with E-state index >= 15 is 0 Å². The topological polar surface area (TPSA) is 26.3 Å². The summed E-state index contributed by atoms with van der Waals surface area (Å²) < 4.78 is 4.50. The summed E-state index contributed by atoms with van der Waals surface area (Å²) in [4.78, 5) is 10.8. The molecule has 2 heteroatoms. The molecule has 0 unspecified atom stereocenters. The maximum Gasteiger partial charge on any atom is 0.335 e. The molecule has 1 aromatic carbocycles. The first-order valence-corrected chi connectivity index (χ1v) is 4.37. The molecule has 2 nitrogen and oxygen atoms in total. The van der Waals surface area contributed by atoms with E-state index in [0.29, 0.717) is 0 Å². The van der Waals surface area contributed by atoms with Crippen molar-refractivity contribution in [3.63, 3.8) is 0 Å². The van der Waals surface area contributed by atoms with Crippen molar-refractivity contribution in [3.05, 3.63) is 68.0 Å². The Balaban J connectivity index is 0.000000921. The van der Waals surface area contributed by atoms with Crippen molar-refractivity contribution in [2.45, 2.75) is 0 Å². The summed E-state index contributed by atoms with van der Waals surface area (Å²) in [5, 5.41) is 0. The summed E-state index contributed by atoms with van der Waals surface area (Å²) in [6, 6.07) is 9.52. The number of benzene rings is 1. The van der Waals surface area contributed by atoms with Crippen LogP contribution in [0.25, 0.3) is 6.08 Å². The Morgan fingerprint density at radius 1 is 1.20 bits per heavy atom. The number of carbonyl (C=O) groups is 1. The van der Waals surface area contributed by atoms with Gasteiger partial charge < -0.3 is 4.74 Å². The lowest BCUT2D eigenvalue weighted by molar-refractivity contribution is -0.132. The number of carbonyl (C=O) groups excluding carboxylic acids is 1. The van der Waals surface area contributed by atoms with Gasteiger partial charge in [0.25, 0.3) is 0 Å². The lowest BCUT2D eigenvalue weighted by Gasteiger charge is -1.91. The highest BCUT2D eigenvalue weighted by molar-refractivity contribution is 5.87. The summed E-state index contributed by atoms with van der Waals surface area (Å²) >= 11 is 0. The summed E-state index contributed by atoms with van der Waals surface area (Å²) in [5.74, 6) is -0.418. The van der Waals surface area contributed by atoms with E-state index in [-0.39, 0.29) is 0 Å². The monoisotopic (exact) mass is 202 g/mol. The SMILES string of the molecule is C=C.C=COC(=O)/C=C/c1ccccc1. The second-order valence-electron chi connectivity index (χ2n) is 2.35. The third kappa shape index (κ3) is 6.05. The first-order chi connectivity index (χ1) is 7.33. The molecule has 0 radical (unpaired) electrons. The summed E-state index contributed by atoms with van der Waals surface area (Å²) in [5.41, 5.74) is 0.962. The van der Waals surface area contributed by atoms with E-state index < -0.39 is 5.97 Å². The molecule has 0 saturated carbocycles. The highest BCUT2D eigenvalue weighted by Gasteiger charge is 1.91. The van der Waals surface area contributed by atoms with Gasteiger partial charge in [-0.2, -0.15) is 0 Å². The second-order valence-corrected chi connectivity index (χ2v) is 2.35. The van der Waals surface area contributed by atoms with Gasteiger partial charge in [0.15, 0.2) is 0 Å². The molecule has 0 bridgehead atoms. The van der Waals surface area contributed by atoms with Crippen LogP contribution in [0, 0.1) is 0 Å². The van der Waals surface area contributed by atoms with Crippen molar-refractivity contribution in [1.82, 2.24) is 0 Å². The van der Waals surface area contributed by atoms with Gasteiger partial charge in [-0.15, -0.1) is 13.2 Å². The van der Waals surface area contributed by atoms with Gasteiger partial charge in [-0.25, -0.2) is 4.79 Å². The molecule has 0 aromatic heterocycles. The van der Waals surface area contributed by atoms with Crippen molar-refractivity contribution in [3.8, 4) is 0 Å². The quantitative estimate of drug-likeness (QED) is 0.325. The minimum Gasteiger partial charge on any atom is -0.432 e. The Labute approximate surface area is 90.2 Å². The van der Waals surface area contributed by atoms with Gasteiger partial charge in [0.05, 0.1) is 6.26 Å². The van der Waals surface area contributed by atoms with Crippen LogP contribution in [-0.2, 0) is 9.53 Å². The molecule has 0 atom stereocenters. The molecule has 0 aliphatic rings. The van der Waals surface area contributed by atoms with Gasteiger partial charge in [0.1, 0.15) is 0 Å². The van der Waals surface area contributed by atoms with Crippen LogP contribution < -0.4 is 0 Å². The largest absolute Gasteiger partial charge is 0.432 e. The van der Waals surface area contributed by atoms with Gasteiger partial charge in [-0.3, -0.25) is 0 Å². The van der Waals surface area contributed by atoms with Crippen LogP contribution in [0.4, 0.5) is 0 Å². The maximum absolute atomic E-state index is 10.8. The number of ether oxygens (including phenoxy) is 1. The fourth-order valence-electron chi connectivity index (χ4n) is 0.850. The van der Waals surface area contributed by atoms with Crippen LogP contribution in [0.1, 0.15) is 5.56 Å². The van der Waals surface area contributed by atoms with Crippen molar-refractivity contribution in [2.75, 3.05) is 0 Å². The fraction of sp³-hybridized carbons (Fsp3) is 0. The van der Waals surface area contributed by atoms with Gasteiger partial charge in [-0.05, 0) is 11.6 Å². The van der Waals surface area contributed by atoms with Crippen molar-refractivity contribution < 1.29 is 9.53 Å². The smallest absolute Gasteiger partial charge is 0.335 e. The van der Waals surface area contributed by atoms with E-state index in [1.165, 1.54) is 6.08 Å². The standard InChI is InChI=1S/C11H10O2.C2H4/c1-2-13-11(12)9-8-10-6-4-3-5-7-10;1-2/h2-9H,1H2;1-2H2/b9-8+;. The highest BCUT2D eigenvalue weighted by atomic mass is 16.5. The molecule has 0 saturated heterocycles. The first kappa shape index (κ1) is 12.9. The Kier molecular flexibility index (Phi) is 7.32. The van der Waals surface area contributed by atoms with E-state index in [2.05, 4.69) is 24.5 Å². The lowest BCUT2D eigenvalue weighted by Crippen LogP contribution is -1.92. The Hall–Kier alpha value is -2.09. The van der Waals surface area contributed by atoms with Crippen molar-refractivity contribution in [1.29, 1.82) is 0 Å². The number of hydrogen-bond acceptors (Lipinski definition) is 2. The molecular weight excluding hydrogens is 188 g/mol. The number of esters is 1. The predicted molar refractivity (Wildman–Crippen MR) is 63.0 cm³/mol. The minimum absolute atomic E-state index is 0.418. The van der Waals surface area contributed by atoms with E-state index in [1.54, 1.807) is 6.08 Å². The Bertz CT molecular complexity index is 326. The van der Waals surface area contributed by atoms with Crippen LogP contribution in [0.15, 0.2) is 62.4 Å². The number of hydrogen-bond donors (Lipinski definition) is 0. The van der Waals surface area contributed by atoms with Crippen LogP contribution in [0.2, 0.25) is 0 Å². The molecule has 0 aliphatic heterocycles. The zero-order valence-corrected chi connectivity index (χ0v) is 8.56. The second kappa shape index (κ2) is 8.51. The molecular formula is C13H14O2.